The predicted molar refractivity (Wildman–Crippen MR) is 86.8 cm³/mol. The Morgan fingerprint density at radius 3 is 0.667 bits per heavy atom. The minimum atomic E-state index is -0.593. The van der Waals surface area contributed by atoms with Gasteiger partial charge in [0, 0.05) is 0 Å². The Morgan fingerprint density at radius 1 is 0.611 bits per heavy atom. The molecule has 2 N–H and O–H groups in total. The van der Waals surface area contributed by atoms with Crippen LogP contribution in [-0.2, 0) is 0 Å². The SMILES string of the molecule is C=CC.C=CC.C=CC.C=CC.CC(O)C(C)O. The molecule has 0 aliphatic rings. The highest BCUT2D eigenvalue weighted by Gasteiger charge is 1.99. The van der Waals surface area contributed by atoms with Gasteiger partial charge in [-0.15, -0.1) is 26.3 Å². The van der Waals surface area contributed by atoms with Crippen LogP contribution in [0.15, 0.2) is 50.6 Å². The average molecular weight is 258 g/mol. The van der Waals surface area contributed by atoms with Crippen LogP contribution in [0.25, 0.3) is 0 Å². The summed E-state index contributed by atoms with van der Waals surface area (Å²) in [7, 11) is 0. The molecule has 0 aromatic heterocycles. The van der Waals surface area contributed by atoms with Crippen molar-refractivity contribution in [1.82, 2.24) is 0 Å². The highest BCUT2D eigenvalue weighted by Crippen LogP contribution is 1.85. The second-order valence-corrected chi connectivity index (χ2v) is 3.11. The third-order valence-corrected chi connectivity index (χ3v) is 0.698. The fourth-order valence-electron chi connectivity index (χ4n) is 0. The van der Waals surface area contributed by atoms with E-state index in [0.717, 1.165) is 0 Å². The zero-order valence-electron chi connectivity index (χ0n) is 13.2. The molecule has 0 spiro atoms. The molecule has 110 valence electrons. The van der Waals surface area contributed by atoms with Crippen molar-refractivity contribution in [3.8, 4) is 0 Å². The molecule has 0 heterocycles. The second kappa shape index (κ2) is 44.6. The maximum absolute atomic E-state index is 8.38. The van der Waals surface area contributed by atoms with Crippen molar-refractivity contribution in [2.75, 3.05) is 0 Å². The quantitative estimate of drug-likeness (QED) is 0.679. The standard InChI is InChI=1S/C4H10O2.4C3H6/c1-3(5)4(2)6;4*1-3-2/h3-6H,1-2H3;4*3H,1H2,2H3. The first-order valence-corrected chi connectivity index (χ1v) is 5.95. The van der Waals surface area contributed by atoms with Crippen LogP contribution in [-0.4, -0.2) is 22.4 Å². The minimum Gasteiger partial charge on any atom is -0.391 e. The van der Waals surface area contributed by atoms with Gasteiger partial charge in [0.25, 0.3) is 0 Å². The van der Waals surface area contributed by atoms with E-state index in [4.69, 9.17) is 10.2 Å². The summed E-state index contributed by atoms with van der Waals surface area (Å²) in [5.41, 5.74) is 0. The van der Waals surface area contributed by atoms with Gasteiger partial charge in [0.15, 0.2) is 0 Å². The smallest absolute Gasteiger partial charge is 0.0768 e. The molecule has 0 radical (unpaired) electrons. The van der Waals surface area contributed by atoms with Gasteiger partial charge in [-0.1, -0.05) is 24.3 Å². The van der Waals surface area contributed by atoms with Crippen LogP contribution < -0.4 is 0 Å². The van der Waals surface area contributed by atoms with Crippen molar-refractivity contribution in [2.45, 2.75) is 53.8 Å². The molecule has 2 heteroatoms. The van der Waals surface area contributed by atoms with Gasteiger partial charge < -0.3 is 10.2 Å². The Morgan fingerprint density at radius 2 is 0.667 bits per heavy atom. The van der Waals surface area contributed by atoms with E-state index in [1.807, 2.05) is 27.7 Å². The van der Waals surface area contributed by atoms with Crippen LogP contribution in [0.2, 0.25) is 0 Å². The van der Waals surface area contributed by atoms with Crippen LogP contribution in [0.3, 0.4) is 0 Å². The van der Waals surface area contributed by atoms with Crippen LogP contribution in [0.5, 0.6) is 0 Å². The summed E-state index contributed by atoms with van der Waals surface area (Å²) in [6, 6.07) is 0. The molecule has 0 saturated carbocycles. The van der Waals surface area contributed by atoms with Crippen molar-refractivity contribution in [1.29, 1.82) is 0 Å². The summed E-state index contributed by atoms with van der Waals surface area (Å²) in [4.78, 5) is 0. The fourth-order valence-corrected chi connectivity index (χ4v) is 0. The first kappa shape index (κ1) is 30.2. The number of rotatable bonds is 1. The fraction of sp³-hybridized carbons (Fsp3) is 0.500. The third-order valence-electron chi connectivity index (χ3n) is 0.698. The topological polar surface area (TPSA) is 40.5 Å². The molecule has 0 bridgehead atoms. The van der Waals surface area contributed by atoms with Crippen molar-refractivity contribution in [3.63, 3.8) is 0 Å². The van der Waals surface area contributed by atoms with E-state index < -0.39 is 12.2 Å². The Balaban J connectivity index is -0.0000000412. The molecule has 0 aliphatic heterocycles. The van der Waals surface area contributed by atoms with E-state index in [2.05, 4.69) is 26.3 Å². The van der Waals surface area contributed by atoms with Gasteiger partial charge >= 0.3 is 0 Å². The molecule has 2 atom stereocenters. The van der Waals surface area contributed by atoms with Gasteiger partial charge in [0.05, 0.1) is 12.2 Å². The van der Waals surface area contributed by atoms with Crippen LogP contribution in [0.4, 0.5) is 0 Å². The zero-order valence-corrected chi connectivity index (χ0v) is 13.2. The van der Waals surface area contributed by atoms with Crippen LogP contribution >= 0.6 is 0 Å². The minimum absolute atomic E-state index is 0.593. The summed E-state index contributed by atoms with van der Waals surface area (Å²) >= 11 is 0. The number of hydrogen-bond acceptors (Lipinski definition) is 2. The molecule has 2 unspecified atom stereocenters. The lowest BCUT2D eigenvalue weighted by atomic mass is 10.3. The van der Waals surface area contributed by atoms with E-state index in [1.165, 1.54) is 0 Å². The van der Waals surface area contributed by atoms with E-state index in [-0.39, 0.29) is 0 Å². The lowest BCUT2D eigenvalue weighted by Crippen LogP contribution is -2.17. The van der Waals surface area contributed by atoms with Crippen molar-refractivity contribution >= 4 is 0 Å². The first-order chi connectivity index (χ1) is 8.30. The normalized spacial score (nSPS) is 9.56. The number of allylic oxidation sites excluding steroid dienone is 4. The van der Waals surface area contributed by atoms with E-state index >= 15 is 0 Å². The molecule has 2 nitrogen and oxygen atoms in total. The zero-order chi connectivity index (χ0) is 16.0. The Labute approximate surface area is 115 Å². The molecule has 0 rings (SSSR count). The highest BCUT2D eigenvalue weighted by molar-refractivity contribution is 4.52. The van der Waals surface area contributed by atoms with Crippen LogP contribution in [0.1, 0.15) is 41.5 Å². The molecule has 0 aromatic rings. The third kappa shape index (κ3) is 346. The van der Waals surface area contributed by atoms with Gasteiger partial charge in [0.2, 0.25) is 0 Å². The van der Waals surface area contributed by atoms with Crippen molar-refractivity contribution < 1.29 is 10.2 Å². The van der Waals surface area contributed by atoms with Gasteiger partial charge in [-0.3, -0.25) is 0 Å². The maximum atomic E-state index is 8.38. The van der Waals surface area contributed by atoms with Crippen LogP contribution in [0, 0.1) is 0 Å². The molecular weight excluding hydrogens is 224 g/mol. The summed E-state index contributed by atoms with van der Waals surface area (Å²) in [6.45, 7) is 24.1. The molecule has 18 heavy (non-hydrogen) atoms. The molecule has 0 aliphatic carbocycles. The predicted octanol–water partition coefficient (Wildman–Crippen LogP) is 4.52. The molecule has 0 saturated heterocycles. The lowest BCUT2D eigenvalue weighted by molar-refractivity contribution is 0.0438. The van der Waals surface area contributed by atoms with E-state index in [9.17, 15) is 0 Å². The highest BCUT2D eigenvalue weighted by atomic mass is 16.3. The number of aliphatic hydroxyl groups is 2. The molecular formula is C16H34O2. The summed E-state index contributed by atoms with van der Waals surface area (Å²) < 4.78 is 0. The Hall–Kier alpha value is -1.12. The van der Waals surface area contributed by atoms with Gasteiger partial charge in [0.1, 0.15) is 0 Å². The summed E-state index contributed by atoms with van der Waals surface area (Å²) in [6.07, 6.45) is 5.81. The van der Waals surface area contributed by atoms with E-state index in [0.29, 0.717) is 0 Å². The lowest BCUT2D eigenvalue weighted by Gasteiger charge is -2.03. The van der Waals surface area contributed by atoms with Gasteiger partial charge in [-0.25, -0.2) is 0 Å². The first-order valence-electron chi connectivity index (χ1n) is 5.95. The van der Waals surface area contributed by atoms with Crippen molar-refractivity contribution in [3.05, 3.63) is 50.6 Å². The summed E-state index contributed by atoms with van der Waals surface area (Å²) in [5, 5.41) is 16.8. The molecule has 0 amide bonds. The largest absolute Gasteiger partial charge is 0.391 e. The summed E-state index contributed by atoms with van der Waals surface area (Å²) in [5.74, 6) is 0. The molecule has 0 aromatic carbocycles. The number of hydrogen-bond donors (Lipinski definition) is 2. The Kier molecular flexibility index (Phi) is 74.7. The molecule has 0 fully saturated rings. The second-order valence-electron chi connectivity index (χ2n) is 3.11. The Bertz CT molecular complexity index is 117. The maximum Gasteiger partial charge on any atom is 0.0768 e. The monoisotopic (exact) mass is 258 g/mol. The van der Waals surface area contributed by atoms with Crippen molar-refractivity contribution in [2.24, 2.45) is 0 Å². The van der Waals surface area contributed by atoms with E-state index in [1.54, 1.807) is 38.2 Å². The number of aliphatic hydroxyl groups excluding tert-OH is 2. The van der Waals surface area contributed by atoms with Gasteiger partial charge in [-0.05, 0) is 41.5 Å². The average Bonchev–Trinajstić information content (AvgIpc) is 2.22. The van der Waals surface area contributed by atoms with Gasteiger partial charge in [-0.2, -0.15) is 0 Å².